The topological polar surface area (TPSA) is 45.8 Å². The molecule has 0 atom stereocenters. The first-order chi connectivity index (χ1) is 5.84. The number of aromatic nitrogens is 2. The van der Waals surface area contributed by atoms with Crippen LogP contribution in [0.25, 0.3) is 0 Å². The molecule has 0 radical (unpaired) electrons. The molecule has 1 aromatic rings. The smallest absolute Gasteiger partial charge is 0.265 e. The van der Waals surface area contributed by atoms with Crippen molar-refractivity contribution in [2.45, 2.75) is 13.1 Å². The third-order valence-corrected chi connectivity index (χ3v) is 1.39. The van der Waals surface area contributed by atoms with Gasteiger partial charge in [0.15, 0.2) is 0 Å². The number of rotatable bonds is 0. The van der Waals surface area contributed by atoms with Gasteiger partial charge in [-0.15, -0.1) is 0 Å². The molecule has 0 aliphatic rings. The average molecular weight is 196 g/mol. The van der Waals surface area contributed by atoms with Gasteiger partial charge in [0, 0.05) is 0 Å². The summed E-state index contributed by atoms with van der Waals surface area (Å²) in [4.78, 5) is 10.4. The van der Waals surface area contributed by atoms with Gasteiger partial charge >= 0.3 is 11.7 Å². The van der Waals surface area contributed by atoms with Crippen LogP contribution in [0, 0.1) is 12.7 Å². The van der Waals surface area contributed by atoms with Crippen LogP contribution in [-0.4, -0.2) is 10.2 Å². The summed E-state index contributed by atoms with van der Waals surface area (Å²) in [6, 6.07) is 0. The van der Waals surface area contributed by atoms with E-state index in [1.807, 2.05) is 0 Å². The standard InChI is InChI=1S/C6H4F4N2O/c1-2-3(6(8,9)10)4(7)5(13)12-11-2/h1H3,(H,12,13). The molecule has 0 aliphatic carbocycles. The molecule has 1 heterocycles. The predicted molar refractivity (Wildman–Crippen MR) is 34.6 cm³/mol. The summed E-state index contributed by atoms with van der Waals surface area (Å²) in [6.07, 6.45) is -4.89. The second-order valence-corrected chi connectivity index (χ2v) is 2.32. The first kappa shape index (κ1) is 9.69. The molecule has 1 rings (SSSR count). The largest absolute Gasteiger partial charge is 0.421 e. The molecule has 0 spiro atoms. The molecule has 7 heteroatoms. The molecule has 1 N–H and O–H groups in total. The predicted octanol–water partition coefficient (Wildman–Crippen LogP) is 1.24. The summed E-state index contributed by atoms with van der Waals surface area (Å²) in [6.45, 7) is 0.960. The third kappa shape index (κ3) is 1.68. The monoisotopic (exact) mass is 196 g/mol. The first-order valence-corrected chi connectivity index (χ1v) is 3.16. The molecule has 0 saturated heterocycles. The van der Waals surface area contributed by atoms with Gasteiger partial charge < -0.3 is 0 Å². The van der Waals surface area contributed by atoms with E-state index in [9.17, 15) is 22.4 Å². The second-order valence-electron chi connectivity index (χ2n) is 2.32. The highest BCUT2D eigenvalue weighted by atomic mass is 19.4. The minimum Gasteiger partial charge on any atom is -0.265 e. The molecule has 0 bridgehead atoms. The van der Waals surface area contributed by atoms with Gasteiger partial charge in [0.1, 0.15) is 5.56 Å². The van der Waals surface area contributed by atoms with Gasteiger partial charge in [-0.25, -0.2) is 9.49 Å². The van der Waals surface area contributed by atoms with Crippen molar-refractivity contribution < 1.29 is 17.6 Å². The molecule has 0 unspecified atom stereocenters. The molecular weight excluding hydrogens is 192 g/mol. The SMILES string of the molecule is Cc1n[nH]c(=O)c(F)c1C(F)(F)F. The van der Waals surface area contributed by atoms with Crippen LogP contribution in [0.4, 0.5) is 17.6 Å². The van der Waals surface area contributed by atoms with Gasteiger partial charge in [0.2, 0.25) is 5.82 Å². The number of halogens is 4. The molecule has 1 aromatic heterocycles. The van der Waals surface area contributed by atoms with E-state index >= 15 is 0 Å². The van der Waals surface area contributed by atoms with Crippen molar-refractivity contribution in [3.8, 4) is 0 Å². The van der Waals surface area contributed by atoms with Crippen LogP contribution in [0.15, 0.2) is 4.79 Å². The summed E-state index contributed by atoms with van der Waals surface area (Å²) in [5.74, 6) is -1.85. The van der Waals surface area contributed by atoms with Crippen molar-refractivity contribution in [3.63, 3.8) is 0 Å². The molecule has 0 fully saturated rings. The van der Waals surface area contributed by atoms with Crippen LogP contribution in [0.1, 0.15) is 11.3 Å². The number of hydrogen-bond donors (Lipinski definition) is 1. The molecule has 13 heavy (non-hydrogen) atoms. The van der Waals surface area contributed by atoms with Gasteiger partial charge in [-0.2, -0.15) is 18.3 Å². The van der Waals surface area contributed by atoms with E-state index in [4.69, 9.17) is 0 Å². The van der Waals surface area contributed by atoms with Gasteiger partial charge in [0.25, 0.3) is 0 Å². The zero-order valence-corrected chi connectivity index (χ0v) is 6.37. The van der Waals surface area contributed by atoms with Crippen molar-refractivity contribution in [2.24, 2.45) is 0 Å². The molecule has 0 saturated carbocycles. The maximum Gasteiger partial charge on any atom is 0.421 e. The van der Waals surface area contributed by atoms with E-state index in [0.717, 1.165) is 6.92 Å². The number of hydrogen-bond acceptors (Lipinski definition) is 2. The number of alkyl halides is 3. The Bertz CT molecular complexity index is 381. The van der Waals surface area contributed by atoms with Crippen LogP contribution in [0.3, 0.4) is 0 Å². The Morgan fingerprint density at radius 2 is 1.92 bits per heavy atom. The van der Waals surface area contributed by atoms with E-state index in [1.54, 1.807) is 5.10 Å². The Kier molecular flexibility index (Phi) is 2.10. The quantitative estimate of drug-likeness (QED) is 0.634. The number of nitrogens with zero attached hydrogens (tertiary/aromatic N) is 1. The van der Waals surface area contributed by atoms with E-state index in [1.165, 1.54) is 0 Å². The third-order valence-electron chi connectivity index (χ3n) is 1.39. The normalized spacial score (nSPS) is 11.8. The highest BCUT2D eigenvalue weighted by molar-refractivity contribution is 5.21. The second kappa shape index (κ2) is 2.82. The Balaban J connectivity index is 3.52. The van der Waals surface area contributed by atoms with Crippen molar-refractivity contribution in [3.05, 3.63) is 27.4 Å². The average Bonchev–Trinajstić information content (AvgIpc) is 1.95. The van der Waals surface area contributed by atoms with Crippen LogP contribution < -0.4 is 5.56 Å². The van der Waals surface area contributed by atoms with Gasteiger partial charge in [-0.05, 0) is 6.92 Å². The molecule has 0 aromatic carbocycles. The van der Waals surface area contributed by atoms with Crippen LogP contribution in [0.5, 0.6) is 0 Å². The van der Waals surface area contributed by atoms with E-state index in [2.05, 4.69) is 5.10 Å². The van der Waals surface area contributed by atoms with E-state index in [-0.39, 0.29) is 0 Å². The minimum absolute atomic E-state index is 0.593. The van der Waals surface area contributed by atoms with Crippen molar-refractivity contribution >= 4 is 0 Å². The summed E-state index contributed by atoms with van der Waals surface area (Å²) in [5, 5.41) is 4.61. The molecule has 3 nitrogen and oxygen atoms in total. The summed E-state index contributed by atoms with van der Waals surface area (Å²) < 4.78 is 48.8. The number of nitrogens with one attached hydrogen (secondary N) is 1. The lowest BCUT2D eigenvalue weighted by Gasteiger charge is -2.08. The summed E-state index contributed by atoms with van der Waals surface area (Å²) in [7, 11) is 0. The Labute approximate surface area is 69.4 Å². The van der Waals surface area contributed by atoms with Crippen LogP contribution in [-0.2, 0) is 6.18 Å². The van der Waals surface area contributed by atoms with Crippen molar-refractivity contribution in [1.29, 1.82) is 0 Å². The lowest BCUT2D eigenvalue weighted by Crippen LogP contribution is -2.22. The Hall–Kier alpha value is -1.40. The lowest BCUT2D eigenvalue weighted by molar-refractivity contribution is -0.141. The fraction of sp³-hybridized carbons (Fsp3) is 0.333. The van der Waals surface area contributed by atoms with E-state index < -0.39 is 28.8 Å². The van der Waals surface area contributed by atoms with Gasteiger partial charge in [-0.3, -0.25) is 4.79 Å². The molecule has 72 valence electrons. The van der Waals surface area contributed by atoms with Gasteiger partial charge in [0.05, 0.1) is 5.69 Å². The van der Waals surface area contributed by atoms with Crippen LogP contribution in [0.2, 0.25) is 0 Å². The fourth-order valence-electron chi connectivity index (χ4n) is 0.842. The number of aryl methyl sites for hydroxylation is 1. The van der Waals surface area contributed by atoms with Gasteiger partial charge in [-0.1, -0.05) is 0 Å². The molecule has 0 aliphatic heterocycles. The maximum absolute atomic E-state index is 12.7. The lowest BCUT2D eigenvalue weighted by atomic mass is 10.2. The van der Waals surface area contributed by atoms with Crippen molar-refractivity contribution in [2.75, 3.05) is 0 Å². The highest BCUT2D eigenvalue weighted by Gasteiger charge is 2.37. The summed E-state index contributed by atoms with van der Waals surface area (Å²) in [5.41, 5.74) is -3.68. The number of H-pyrrole nitrogens is 1. The first-order valence-electron chi connectivity index (χ1n) is 3.16. The van der Waals surface area contributed by atoms with Crippen LogP contribution >= 0.6 is 0 Å². The highest BCUT2D eigenvalue weighted by Crippen LogP contribution is 2.31. The fourth-order valence-corrected chi connectivity index (χ4v) is 0.842. The minimum atomic E-state index is -4.89. The Morgan fingerprint density at radius 1 is 1.38 bits per heavy atom. The Morgan fingerprint density at radius 3 is 2.31 bits per heavy atom. The molecular formula is C6H4F4N2O. The van der Waals surface area contributed by atoms with Crippen molar-refractivity contribution in [1.82, 2.24) is 10.2 Å². The maximum atomic E-state index is 12.7. The molecule has 0 amide bonds. The number of aromatic amines is 1. The summed E-state index contributed by atoms with van der Waals surface area (Å²) >= 11 is 0. The van der Waals surface area contributed by atoms with E-state index in [0.29, 0.717) is 0 Å². The zero-order valence-electron chi connectivity index (χ0n) is 6.37. The zero-order chi connectivity index (χ0) is 10.2.